The topological polar surface area (TPSA) is 21.3 Å². The van der Waals surface area contributed by atoms with Crippen molar-refractivity contribution in [1.82, 2.24) is 5.32 Å². The van der Waals surface area contributed by atoms with E-state index in [4.69, 9.17) is 4.74 Å². The van der Waals surface area contributed by atoms with Crippen molar-refractivity contribution < 1.29 is 17.9 Å². The molecule has 0 saturated carbocycles. The van der Waals surface area contributed by atoms with Crippen LogP contribution in [0.4, 0.5) is 13.2 Å². The lowest BCUT2D eigenvalue weighted by Crippen LogP contribution is -2.18. The molecule has 2 nitrogen and oxygen atoms in total. The van der Waals surface area contributed by atoms with Crippen LogP contribution in [0.25, 0.3) is 0 Å². The molecular formula is C14H14F3NOS. The predicted molar refractivity (Wildman–Crippen MR) is 73.2 cm³/mol. The number of hydrogen-bond acceptors (Lipinski definition) is 3. The first-order chi connectivity index (χ1) is 9.47. The third kappa shape index (κ3) is 2.96. The van der Waals surface area contributed by atoms with Crippen molar-refractivity contribution in [2.24, 2.45) is 0 Å². The summed E-state index contributed by atoms with van der Waals surface area (Å²) in [4.78, 5) is 0.856. The van der Waals surface area contributed by atoms with Gasteiger partial charge in [0.25, 0.3) is 0 Å². The molecule has 6 heteroatoms. The quantitative estimate of drug-likeness (QED) is 0.918. The highest BCUT2D eigenvalue weighted by Crippen LogP contribution is 2.36. The Balaban J connectivity index is 2.43. The number of thiophene rings is 1. The van der Waals surface area contributed by atoms with Gasteiger partial charge in [-0.25, -0.2) is 0 Å². The first kappa shape index (κ1) is 14.9. The molecule has 2 aromatic rings. The van der Waals surface area contributed by atoms with Gasteiger partial charge in [0.05, 0.1) is 23.6 Å². The van der Waals surface area contributed by atoms with Gasteiger partial charge in [0.1, 0.15) is 5.75 Å². The summed E-state index contributed by atoms with van der Waals surface area (Å²) in [5.74, 6) is 0.673. The van der Waals surface area contributed by atoms with E-state index in [0.717, 1.165) is 10.9 Å². The van der Waals surface area contributed by atoms with Crippen molar-refractivity contribution in [3.63, 3.8) is 0 Å². The van der Waals surface area contributed by atoms with E-state index in [-0.39, 0.29) is 6.04 Å². The molecule has 2 rings (SSSR count). The Morgan fingerprint density at radius 1 is 1.25 bits per heavy atom. The van der Waals surface area contributed by atoms with Crippen LogP contribution in [0, 0.1) is 0 Å². The molecular weight excluding hydrogens is 287 g/mol. The molecule has 0 fully saturated rings. The number of ether oxygens (including phenoxy) is 1. The minimum Gasteiger partial charge on any atom is -0.496 e. The molecule has 0 spiro atoms. The molecule has 0 aliphatic rings. The SMILES string of the molecule is CNC(c1cccc(C(F)(F)F)c1)c1sccc1OC. The summed E-state index contributed by atoms with van der Waals surface area (Å²) >= 11 is 1.45. The summed E-state index contributed by atoms with van der Waals surface area (Å²) in [6, 6.07) is 6.81. The largest absolute Gasteiger partial charge is 0.496 e. The van der Waals surface area contributed by atoms with Gasteiger partial charge < -0.3 is 10.1 Å². The summed E-state index contributed by atoms with van der Waals surface area (Å²) in [7, 11) is 3.26. The van der Waals surface area contributed by atoms with Crippen molar-refractivity contribution in [2.45, 2.75) is 12.2 Å². The van der Waals surface area contributed by atoms with Crippen LogP contribution in [-0.2, 0) is 6.18 Å². The lowest BCUT2D eigenvalue weighted by molar-refractivity contribution is -0.137. The summed E-state index contributed by atoms with van der Waals surface area (Å²) in [6.07, 6.45) is -4.34. The van der Waals surface area contributed by atoms with Gasteiger partial charge in [0.2, 0.25) is 0 Å². The summed E-state index contributed by atoms with van der Waals surface area (Å²) in [5, 5.41) is 4.89. The maximum absolute atomic E-state index is 12.8. The van der Waals surface area contributed by atoms with Gasteiger partial charge in [-0.2, -0.15) is 13.2 Å². The third-order valence-corrected chi connectivity index (χ3v) is 3.94. The normalized spacial score (nSPS) is 13.2. The second kappa shape index (κ2) is 5.85. The zero-order chi connectivity index (χ0) is 14.8. The number of halogens is 3. The fourth-order valence-corrected chi connectivity index (χ4v) is 3.03. The van der Waals surface area contributed by atoms with Gasteiger partial charge in [-0.3, -0.25) is 0 Å². The molecule has 0 bridgehead atoms. The van der Waals surface area contributed by atoms with Crippen LogP contribution in [-0.4, -0.2) is 14.2 Å². The van der Waals surface area contributed by atoms with Crippen LogP contribution in [0.3, 0.4) is 0 Å². The molecule has 0 aliphatic heterocycles. The van der Waals surface area contributed by atoms with Crippen molar-refractivity contribution in [3.8, 4) is 5.75 Å². The molecule has 1 heterocycles. The minimum atomic E-state index is -4.34. The molecule has 1 unspecified atom stereocenters. The summed E-state index contributed by atoms with van der Waals surface area (Å²) in [6.45, 7) is 0. The fourth-order valence-electron chi connectivity index (χ4n) is 2.03. The second-order valence-electron chi connectivity index (χ2n) is 4.20. The zero-order valence-corrected chi connectivity index (χ0v) is 11.8. The number of benzene rings is 1. The first-order valence-corrected chi connectivity index (χ1v) is 6.81. The smallest absolute Gasteiger partial charge is 0.416 e. The summed E-state index contributed by atoms with van der Waals surface area (Å²) < 4.78 is 43.6. The number of hydrogen-bond donors (Lipinski definition) is 1. The number of rotatable bonds is 4. The Morgan fingerprint density at radius 2 is 2.00 bits per heavy atom. The van der Waals surface area contributed by atoms with E-state index in [1.807, 2.05) is 5.38 Å². The molecule has 0 saturated heterocycles. The predicted octanol–water partition coefficient (Wildman–Crippen LogP) is 4.08. The van der Waals surface area contributed by atoms with Crippen LogP contribution in [0.15, 0.2) is 35.7 Å². The van der Waals surface area contributed by atoms with E-state index in [1.165, 1.54) is 23.5 Å². The Bertz CT molecular complexity index is 580. The van der Waals surface area contributed by atoms with Gasteiger partial charge in [-0.1, -0.05) is 12.1 Å². The highest BCUT2D eigenvalue weighted by atomic mass is 32.1. The van der Waals surface area contributed by atoms with Crippen molar-refractivity contribution >= 4 is 11.3 Å². The van der Waals surface area contributed by atoms with Crippen molar-refractivity contribution in [2.75, 3.05) is 14.2 Å². The lowest BCUT2D eigenvalue weighted by atomic mass is 10.0. The van der Waals surface area contributed by atoms with Gasteiger partial charge in [0, 0.05) is 0 Å². The average Bonchev–Trinajstić information content (AvgIpc) is 2.87. The molecule has 0 radical (unpaired) electrons. The van der Waals surface area contributed by atoms with Gasteiger partial charge in [-0.05, 0) is 36.2 Å². The molecule has 0 aliphatic carbocycles. The third-order valence-electron chi connectivity index (χ3n) is 2.98. The second-order valence-corrected chi connectivity index (χ2v) is 5.15. The molecule has 1 aromatic carbocycles. The summed E-state index contributed by atoms with van der Waals surface area (Å²) in [5.41, 5.74) is -0.0890. The number of alkyl halides is 3. The van der Waals surface area contributed by atoms with Crippen LogP contribution in [0.1, 0.15) is 22.0 Å². The van der Waals surface area contributed by atoms with Crippen LogP contribution < -0.4 is 10.1 Å². The Kier molecular flexibility index (Phi) is 4.35. The van der Waals surface area contributed by atoms with E-state index < -0.39 is 11.7 Å². The van der Waals surface area contributed by atoms with E-state index in [2.05, 4.69) is 5.32 Å². The molecule has 1 atom stereocenters. The Hall–Kier alpha value is -1.53. The fraction of sp³-hybridized carbons (Fsp3) is 0.286. The maximum Gasteiger partial charge on any atom is 0.416 e. The van der Waals surface area contributed by atoms with Gasteiger partial charge in [-0.15, -0.1) is 11.3 Å². The van der Waals surface area contributed by atoms with Crippen LogP contribution in [0.5, 0.6) is 5.75 Å². The number of methoxy groups -OCH3 is 1. The van der Waals surface area contributed by atoms with Gasteiger partial charge in [0.15, 0.2) is 0 Å². The minimum absolute atomic E-state index is 0.327. The molecule has 1 N–H and O–H groups in total. The highest BCUT2D eigenvalue weighted by molar-refractivity contribution is 7.10. The standard InChI is InChI=1S/C14H14F3NOS/c1-18-12(13-11(19-2)6-7-20-13)9-4-3-5-10(8-9)14(15,16)17/h3-8,12,18H,1-2H3. The lowest BCUT2D eigenvalue weighted by Gasteiger charge is -2.18. The van der Waals surface area contributed by atoms with E-state index >= 15 is 0 Å². The molecule has 108 valence electrons. The van der Waals surface area contributed by atoms with Crippen LogP contribution in [0.2, 0.25) is 0 Å². The highest BCUT2D eigenvalue weighted by Gasteiger charge is 2.31. The maximum atomic E-state index is 12.8. The van der Waals surface area contributed by atoms with E-state index in [0.29, 0.717) is 11.3 Å². The van der Waals surface area contributed by atoms with Gasteiger partial charge >= 0.3 is 6.18 Å². The van der Waals surface area contributed by atoms with Crippen molar-refractivity contribution in [3.05, 3.63) is 51.7 Å². The Morgan fingerprint density at radius 3 is 2.60 bits per heavy atom. The molecule has 0 amide bonds. The monoisotopic (exact) mass is 301 g/mol. The van der Waals surface area contributed by atoms with E-state index in [9.17, 15) is 13.2 Å². The van der Waals surface area contributed by atoms with Crippen LogP contribution >= 0.6 is 11.3 Å². The van der Waals surface area contributed by atoms with E-state index in [1.54, 1.807) is 26.3 Å². The average molecular weight is 301 g/mol. The first-order valence-electron chi connectivity index (χ1n) is 5.93. The number of nitrogens with one attached hydrogen (secondary N) is 1. The molecule has 1 aromatic heterocycles. The zero-order valence-electron chi connectivity index (χ0n) is 11.0. The Labute approximate surface area is 119 Å². The van der Waals surface area contributed by atoms with Crippen molar-refractivity contribution in [1.29, 1.82) is 0 Å². The molecule has 20 heavy (non-hydrogen) atoms.